The van der Waals surface area contributed by atoms with Gasteiger partial charge in [0.15, 0.2) is 0 Å². The summed E-state index contributed by atoms with van der Waals surface area (Å²) in [7, 11) is 0. The molecule has 5 nitrogen and oxygen atoms in total. The molecule has 2 saturated heterocycles. The van der Waals surface area contributed by atoms with E-state index in [2.05, 4.69) is 17.6 Å². The van der Waals surface area contributed by atoms with Gasteiger partial charge in [-0.15, -0.1) is 12.4 Å². The van der Waals surface area contributed by atoms with Gasteiger partial charge in [0.1, 0.15) is 0 Å². The minimum Gasteiger partial charge on any atom is -0.356 e. The van der Waals surface area contributed by atoms with Crippen LogP contribution in [0.2, 0.25) is 0 Å². The first-order valence-corrected chi connectivity index (χ1v) is 9.91. The number of amides is 2. The maximum atomic E-state index is 12.4. The summed E-state index contributed by atoms with van der Waals surface area (Å²) < 4.78 is 0. The van der Waals surface area contributed by atoms with E-state index in [0.717, 1.165) is 44.8 Å². The lowest BCUT2D eigenvalue weighted by Crippen LogP contribution is -2.40. The Morgan fingerprint density at radius 2 is 2.00 bits per heavy atom. The molecule has 3 rings (SSSR count). The van der Waals surface area contributed by atoms with Crippen LogP contribution in [0.25, 0.3) is 0 Å². The Balaban J connectivity index is 0.00000225. The van der Waals surface area contributed by atoms with E-state index in [0.29, 0.717) is 24.9 Å². The summed E-state index contributed by atoms with van der Waals surface area (Å²) in [6.07, 6.45) is 8.59. The van der Waals surface area contributed by atoms with Crippen molar-refractivity contribution in [3.8, 4) is 0 Å². The number of nitrogens with one attached hydrogen (secondary N) is 2. The van der Waals surface area contributed by atoms with Gasteiger partial charge in [-0.3, -0.25) is 9.59 Å². The maximum Gasteiger partial charge on any atom is 0.225 e. The lowest BCUT2D eigenvalue weighted by atomic mass is 9.87. The number of likely N-dealkylation sites (tertiary alicyclic amines) is 1. The van der Waals surface area contributed by atoms with Crippen LogP contribution in [-0.4, -0.2) is 48.9 Å². The number of hydrogen-bond acceptors (Lipinski definition) is 3. The Labute approximate surface area is 158 Å². The predicted molar refractivity (Wildman–Crippen MR) is 102 cm³/mol. The monoisotopic (exact) mass is 371 g/mol. The molecule has 2 atom stereocenters. The zero-order valence-corrected chi connectivity index (χ0v) is 16.3. The molecule has 25 heavy (non-hydrogen) atoms. The van der Waals surface area contributed by atoms with Gasteiger partial charge in [0, 0.05) is 25.6 Å². The molecule has 2 N–H and O–H groups in total. The van der Waals surface area contributed by atoms with Crippen LogP contribution < -0.4 is 10.6 Å². The van der Waals surface area contributed by atoms with Gasteiger partial charge in [-0.2, -0.15) is 0 Å². The smallest absolute Gasteiger partial charge is 0.225 e. The summed E-state index contributed by atoms with van der Waals surface area (Å²) in [4.78, 5) is 26.7. The van der Waals surface area contributed by atoms with Gasteiger partial charge in [0.05, 0.1) is 5.92 Å². The highest BCUT2D eigenvalue weighted by Crippen LogP contribution is 2.31. The predicted octanol–water partition coefficient (Wildman–Crippen LogP) is 2.34. The van der Waals surface area contributed by atoms with E-state index < -0.39 is 0 Å². The Hall–Kier alpha value is -0.810. The number of halogens is 1. The largest absolute Gasteiger partial charge is 0.356 e. The first-order valence-electron chi connectivity index (χ1n) is 9.91. The molecular weight excluding hydrogens is 338 g/mol. The fraction of sp³-hybridized carbons (Fsp3) is 0.895. The number of rotatable bonds is 5. The quantitative estimate of drug-likeness (QED) is 0.779. The third-order valence-corrected chi connectivity index (χ3v) is 6.21. The Morgan fingerprint density at radius 1 is 1.24 bits per heavy atom. The SMILES string of the molecule is CC1CCC(N2CC(C(=O)NCCC3CCCNC3)CC2=O)CC1.Cl. The van der Waals surface area contributed by atoms with Crippen molar-refractivity contribution in [3.05, 3.63) is 0 Å². The molecule has 0 spiro atoms. The lowest BCUT2D eigenvalue weighted by Gasteiger charge is -2.33. The van der Waals surface area contributed by atoms with Crippen LogP contribution in [-0.2, 0) is 9.59 Å². The molecule has 3 fully saturated rings. The van der Waals surface area contributed by atoms with Gasteiger partial charge in [-0.25, -0.2) is 0 Å². The van der Waals surface area contributed by atoms with Gasteiger partial charge in [0.2, 0.25) is 11.8 Å². The second-order valence-electron chi connectivity index (χ2n) is 8.15. The van der Waals surface area contributed by atoms with Crippen molar-refractivity contribution in [2.45, 2.75) is 64.3 Å². The van der Waals surface area contributed by atoms with Crippen molar-refractivity contribution in [2.75, 3.05) is 26.2 Å². The Morgan fingerprint density at radius 3 is 2.68 bits per heavy atom. The lowest BCUT2D eigenvalue weighted by molar-refractivity contribution is -0.130. The number of hydrogen-bond donors (Lipinski definition) is 2. The van der Waals surface area contributed by atoms with E-state index in [4.69, 9.17) is 0 Å². The molecule has 2 aliphatic heterocycles. The third-order valence-electron chi connectivity index (χ3n) is 6.21. The van der Waals surface area contributed by atoms with Crippen molar-refractivity contribution in [1.29, 1.82) is 0 Å². The molecule has 0 bridgehead atoms. The van der Waals surface area contributed by atoms with Crippen molar-refractivity contribution in [2.24, 2.45) is 17.8 Å². The standard InChI is InChI=1S/C19H33N3O2.ClH/c1-14-4-6-17(7-5-14)22-13-16(11-18(22)23)19(24)21-10-8-15-3-2-9-20-12-15;/h14-17,20H,2-13H2,1H3,(H,21,24);1H. The summed E-state index contributed by atoms with van der Waals surface area (Å²) in [6, 6.07) is 0.375. The van der Waals surface area contributed by atoms with E-state index >= 15 is 0 Å². The zero-order valence-electron chi connectivity index (χ0n) is 15.5. The molecule has 0 aromatic heterocycles. The highest BCUT2D eigenvalue weighted by molar-refractivity contribution is 5.89. The fourth-order valence-corrected chi connectivity index (χ4v) is 4.53. The second-order valence-corrected chi connectivity index (χ2v) is 8.15. The first kappa shape index (κ1) is 20.5. The van der Waals surface area contributed by atoms with Crippen molar-refractivity contribution in [1.82, 2.24) is 15.5 Å². The van der Waals surface area contributed by atoms with Crippen LogP contribution in [0, 0.1) is 17.8 Å². The average Bonchev–Trinajstić information content (AvgIpc) is 2.98. The second kappa shape index (κ2) is 9.77. The van der Waals surface area contributed by atoms with Crippen molar-refractivity contribution in [3.63, 3.8) is 0 Å². The molecule has 1 aliphatic carbocycles. The molecule has 2 heterocycles. The minimum absolute atomic E-state index is 0. The van der Waals surface area contributed by atoms with Crippen molar-refractivity contribution < 1.29 is 9.59 Å². The molecule has 0 aromatic rings. The van der Waals surface area contributed by atoms with Gasteiger partial charge >= 0.3 is 0 Å². The average molecular weight is 372 g/mol. The Bertz CT molecular complexity index is 446. The summed E-state index contributed by atoms with van der Waals surface area (Å²) in [5.74, 6) is 1.60. The normalized spacial score (nSPS) is 33.0. The number of nitrogens with zero attached hydrogens (tertiary/aromatic N) is 1. The van der Waals surface area contributed by atoms with E-state index in [1.807, 2.05) is 4.90 Å². The van der Waals surface area contributed by atoms with E-state index in [9.17, 15) is 9.59 Å². The molecule has 2 unspecified atom stereocenters. The van der Waals surface area contributed by atoms with Gasteiger partial charge < -0.3 is 15.5 Å². The van der Waals surface area contributed by atoms with Crippen LogP contribution in [0.15, 0.2) is 0 Å². The van der Waals surface area contributed by atoms with Crippen LogP contribution in [0.5, 0.6) is 0 Å². The molecule has 3 aliphatic rings. The molecule has 1 saturated carbocycles. The molecule has 0 radical (unpaired) electrons. The van der Waals surface area contributed by atoms with Crippen LogP contribution >= 0.6 is 12.4 Å². The fourth-order valence-electron chi connectivity index (χ4n) is 4.53. The molecular formula is C19H34ClN3O2. The molecule has 2 amide bonds. The molecule has 0 aromatic carbocycles. The topological polar surface area (TPSA) is 61.4 Å². The maximum absolute atomic E-state index is 12.4. The minimum atomic E-state index is -0.138. The van der Waals surface area contributed by atoms with Crippen LogP contribution in [0.3, 0.4) is 0 Å². The number of carbonyl (C=O) groups is 2. The highest BCUT2D eigenvalue weighted by atomic mass is 35.5. The molecule has 6 heteroatoms. The summed E-state index contributed by atoms with van der Waals surface area (Å²) in [6.45, 7) is 5.88. The van der Waals surface area contributed by atoms with Gasteiger partial charge in [-0.05, 0) is 69.9 Å². The van der Waals surface area contributed by atoms with Gasteiger partial charge in [-0.1, -0.05) is 6.92 Å². The van der Waals surface area contributed by atoms with Crippen LogP contribution in [0.1, 0.15) is 58.3 Å². The van der Waals surface area contributed by atoms with Crippen LogP contribution in [0.4, 0.5) is 0 Å². The molecule has 144 valence electrons. The van der Waals surface area contributed by atoms with Crippen molar-refractivity contribution >= 4 is 24.2 Å². The van der Waals surface area contributed by atoms with E-state index in [1.54, 1.807) is 0 Å². The summed E-state index contributed by atoms with van der Waals surface area (Å²) >= 11 is 0. The van der Waals surface area contributed by atoms with E-state index in [1.165, 1.54) is 25.7 Å². The Kier molecular flexibility index (Phi) is 8.01. The van der Waals surface area contributed by atoms with Gasteiger partial charge in [0.25, 0.3) is 0 Å². The number of carbonyl (C=O) groups excluding carboxylic acids is 2. The summed E-state index contributed by atoms with van der Waals surface area (Å²) in [5.41, 5.74) is 0. The highest BCUT2D eigenvalue weighted by Gasteiger charge is 2.38. The number of piperidine rings is 1. The van der Waals surface area contributed by atoms with E-state index in [-0.39, 0.29) is 30.1 Å². The third kappa shape index (κ3) is 5.58. The first-order chi connectivity index (χ1) is 11.6. The summed E-state index contributed by atoms with van der Waals surface area (Å²) in [5, 5.41) is 6.49. The zero-order chi connectivity index (χ0) is 16.9.